The molecule has 3 heteroatoms. The van der Waals surface area contributed by atoms with Gasteiger partial charge in [0, 0.05) is 12.6 Å². The molecule has 0 bridgehead atoms. The molecule has 0 unspecified atom stereocenters. The summed E-state index contributed by atoms with van der Waals surface area (Å²) in [5.41, 5.74) is 5.62. The van der Waals surface area contributed by atoms with Crippen molar-refractivity contribution in [3.05, 3.63) is 0 Å². The van der Waals surface area contributed by atoms with Crippen molar-refractivity contribution < 1.29 is 4.79 Å². The van der Waals surface area contributed by atoms with E-state index in [9.17, 15) is 4.79 Å². The van der Waals surface area contributed by atoms with E-state index in [-0.39, 0.29) is 11.9 Å². The predicted octanol–water partition coefficient (Wildman–Crippen LogP) is 1.37. The highest BCUT2D eigenvalue weighted by Crippen LogP contribution is 2.27. The minimum absolute atomic E-state index is 0.119. The number of hydrogen-bond acceptors (Lipinski definition) is 2. The van der Waals surface area contributed by atoms with Gasteiger partial charge in [0.25, 0.3) is 0 Å². The second-order valence-corrected chi connectivity index (χ2v) is 4.73. The van der Waals surface area contributed by atoms with Crippen LogP contribution in [0, 0.1) is 5.92 Å². The predicted molar refractivity (Wildman–Crippen MR) is 57.8 cm³/mol. The van der Waals surface area contributed by atoms with Crippen molar-refractivity contribution >= 4 is 5.91 Å². The van der Waals surface area contributed by atoms with Crippen molar-refractivity contribution in [2.75, 3.05) is 6.54 Å². The summed E-state index contributed by atoms with van der Waals surface area (Å²) in [6, 6.07) is 0.148. The van der Waals surface area contributed by atoms with Crippen molar-refractivity contribution in [2.45, 2.75) is 52.1 Å². The summed E-state index contributed by atoms with van der Waals surface area (Å²) in [6.07, 6.45) is 3.40. The number of carbonyl (C=O) groups excluding carboxylic acids is 1. The second-order valence-electron chi connectivity index (χ2n) is 4.73. The maximum Gasteiger partial charge on any atom is 0.239 e. The average Bonchev–Trinajstić information content (AvgIpc) is 2.87. The minimum atomic E-state index is -0.345. The Kier molecular flexibility index (Phi) is 3.93. The van der Waals surface area contributed by atoms with Gasteiger partial charge in [-0.15, -0.1) is 0 Å². The van der Waals surface area contributed by atoms with Gasteiger partial charge in [0.2, 0.25) is 5.91 Å². The van der Waals surface area contributed by atoms with E-state index >= 15 is 0 Å². The number of nitrogens with two attached hydrogens (primary N) is 1. The molecule has 0 radical (unpaired) electrons. The van der Waals surface area contributed by atoms with E-state index in [4.69, 9.17) is 5.73 Å². The quantitative estimate of drug-likeness (QED) is 0.725. The lowest BCUT2D eigenvalue weighted by Gasteiger charge is -2.25. The average molecular weight is 198 g/mol. The molecule has 0 aromatic heterocycles. The molecule has 0 aromatic carbocycles. The topological polar surface area (TPSA) is 46.3 Å². The van der Waals surface area contributed by atoms with Crippen LogP contribution in [0.5, 0.6) is 0 Å². The molecule has 1 saturated carbocycles. The Labute approximate surface area is 86.6 Å². The van der Waals surface area contributed by atoms with Gasteiger partial charge in [-0.25, -0.2) is 0 Å². The van der Waals surface area contributed by atoms with Gasteiger partial charge in [-0.1, -0.05) is 13.8 Å². The third-order valence-electron chi connectivity index (χ3n) is 2.61. The van der Waals surface area contributed by atoms with Crippen LogP contribution in [0.4, 0.5) is 0 Å². The number of amides is 1. The highest BCUT2D eigenvalue weighted by molar-refractivity contribution is 5.81. The van der Waals surface area contributed by atoms with Gasteiger partial charge >= 0.3 is 0 Å². The minimum Gasteiger partial charge on any atom is -0.338 e. The molecule has 1 rings (SSSR count). The first kappa shape index (κ1) is 11.5. The van der Waals surface area contributed by atoms with E-state index in [0.717, 1.165) is 25.8 Å². The van der Waals surface area contributed by atoms with Crippen molar-refractivity contribution in [2.24, 2.45) is 11.7 Å². The Morgan fingerprint density at radius 2 is 2.00 bits per heavy atom. The van der Waals surface area contributed by atoms with Gasteiger partial charge in [0.1, 0.15) is 0 Å². The van der Waals surface area contributed by atoms with Crippen LogP contribution >= 0.6 is 0 Å². The van der Waals surface area contributed by atoms with Crippen LogP contribution < -0.4 is 5.73 Å². The van der Waals surface area contributed by atoms with Gasteiger partial charge in [-0.2, -0.15) is 0 Å². The zero-order valence-corrected chi connectivity index (χ0v) is 9.49. The summed E-state index contributed by atoms with van der Waals surface area (Å²) in [5, 5.41) is 0. The summed E-state index contributed by atoms with van der Waals surface area (Å²) in [7, 11) is 0. The van der Waals surface area contributed by atoms with Crippen LogP contribution in [0.2, 0.25) is 0 Å². The van der Waals surface area contributed by atoms with Gasteiger partial charge in [0.05, 0.1) is 6.04 Å². The smallest absolute Gasteiger partial charge is 0.239 e. The number of rotatable bonds is 5. The molecule has 14 heavy (non-hydrogen) atoms. The Morgan fingerprint density at radius 1 is 1.43 bits per heavy atom. The summed E-state index contributed by atoms with van der Waals surface area (Å²) in [4.78, 5) is 13.7. The highest BCUT2D eigenvalue weighted by atomic mass is 16.2. The molecule has 0 saturated heterocycles. The van der Waals surface area contributed by atoms with Crippen LogP contribution in [0.1, 0.15) is 40.0 Å². The molecule has 82 valence electrons. The van der Waals surface area contributed by atoms with Gasteiger partial charge < -0.3 is 10.6 Å². The van der Waals surface area contributed by atoms with Crippen molar-refractivity contribution in [1.29, 1.82) is 0 Å². The van der Waals surface area contributed by atoms with Gasteiger partial charge in [0.15, 0.2) is 0 Å². The fraction of sp³-hybridized carbons (Fsp3) is 0.909. The molecule has 1 aliphatic carbocycles. The van der Waals surface area contributed by atoms with Gasteiger partial charge in [-0.05, 0) is 32.1 Å². The van der Waals surface area contributed by atoms with E-state index in [2.05, 4.69) is 13.8 Å². The first-order valence-corrected chi connectivity index (χ1v) is 5.58. The Hall–Kier alpha value is -0.570. The summed E-state index contributed by atoms with van der Waals surface area (Å²) in [5.74, 6) is 0.769. The zero-order valence-electron chi connectivity index (χ0n) is 9.49. The van der Waals surface area contributed by atoms with Crippen molar-refractivity contribution in [3.8, 4) is 0 Å². The fourth-order valence-corrected chi connectivity index (χ4v) is 1.52. The number of hydrogen-bond donors (Lipinski definition) is 1. The van der Waals surface area contributed by atoms with E-state index < -0.39 is 0 Å². The molecular weight excluding hydrogens is 176 g/mol. The molecule has 1 aliphatic rings. The van der Waals surface area contributed by atoms with Crippen molar-refractivity contribution in [1.82, 2.24) is 4.90 Å². The molecule has 2 N–H and O–H groups in total. The second kappa shape index (κ2) is 4.78. The normalized spacial score (nSPS) is 18.4. The maximum atomic E-state index is 11.7. The molecule has 3 nitrogen and oxygen atoms in total. The molecule has 0 aromatic rings. The molecule has 1 atom stereocenters. The molecular formula is C11H22N2O. The van der Waals surface area contributed by atoms with E-state index in [1.807, 2.05) is 4.90 Å². The SMILES string of the molecule is CC(C)CCN(C(=O)[C@H](C)N)C1CC1. The third-order valence-corrected chi connectivity index (χ3v) is 2.61. The van der Waals surface area contributed by atoms with E-state index in [1.165, 1.54) is 0 Å². The molecule has 0 aliphatic heterocycles. The standard InChI is InChI=1S/C11H22N2O/c1-8(2)6-7-13(10-4-5-10)11(14)9(3)12/h8-10H,4-7,12H2,1-3H3/t9-/m0/s1. The number of carbonyl (C=O) groups is 1. The molecule has 0 spiro atoms. The monoisotopic (exact) mass is 198 g/mol. The van der Waals surface area contributed by atoms with E-state index in [0.29, 0.717) is 12.0 Å². The van der Waals surface area contributed by atoms with Gasteiger partial charge in [-0.3, -0.25) is 4.79 Å². The van der Waals surface area contributed by atoms with Crippen molar-refractivity contribution in [3.63, 3.8) is 0 Å². The zero-order chi connectivity index (χ0) is 10.7. The lowest BCUT2D eigenvalue weighted by atomic mass is 10.1. The first-order valence-electron chi connectivity index (χ1n) is 5.58. The number of nitrogens with zero attached hydrogens (tertiary/aromatic N) is 1. The highest BCUT2D eigenvalue weighted by Gasteiger charge is 2.33. The summed E-state index contributed by atoms with van der Waals surface area (Å²) in [6.45, 7) is 7.01. The molecule has 1 fully saturated rings. The Balaban J connectivity index is 2.42. The summed E-state index contributed by atoms with van der Waals surface area (Å²) >= 11 is 0. The third kappa shape index (κ3) is 3.29. The maximum absolute atomic E-state index is 11.7. The first-order chi connectivity index (χ1) is 6.52. The van der Waals surface area contributed by atoms with Crippen LogP contribution in [-0.2, 0) is 4.79 Å². The molecule has 0 heterocycles. The fourth-order valence-electron chi connectivity index (χ4n) is 1.52. The van der Waals surface area contributed by atoms with Crippen LogP contribution in [-0.4, -0.2) is 29.4 Å². The summed E-state index contributed by atoms with van der Waals surface area (Å²) < 4.78 is 0. The Bertz CT molecular complexity index is 197. The lowest BCUT2D eigenvalue weighted by molar-refractivity contribution is -0.132. The Morgan fingerprint density at radius 3 is 2.36 bits per heavy atom. The molecule has 1 amide bonds. The largest absolute Gasteiger partial charge is 0.338 e. The van der Waals surface area contributed by atoms with Crippen LogP contribution in [0.15, 0.2) is 0 Å². The lowest BCUT2D eigenvalue weighted by Crippen LogP contribution is -2.44. The van der Waals surface area contributed by atoms with Crippen LogP contribution in [0.3, 0.4) is 0 Å². The van der Waals surface area contributed by atoms with E-state index in [1.54, 1.807) is 6.92 Å². The van der Waals surface area contributed by atoms with Crippen LogP contribution in [0.25, 0.3) is 0 Å².